The largest absolute Gasteiger partial charge is 0.389 e. The van der Waals surface area contributed by atoms with Crippen molar-refractivity contribution in [3.8, 4) is 0 Å². The third kappa shape index (κ3) is 8.43. The summed E-state index contributed by atoms with van der Waals surface area (Å²) in [5.41, 5.74) is 0. The van der Waals surface area contributed by atoms with Gasteiger partial charge in [0.2, 0.25) is 0 Å². The summed E-state index contributed by atoms with van der Waals surface area (Å²) in [4.78, 5) is 0. The number of nitrogens with one attached hydrogen (secondary N) is 1. The molecule has 0 saturated carbocycles. The minimum Gasteiger partial charge on any atom is -0.317 e. The van der Waals surface area contributed by atoms with Gasteiger partial charge in [0.05, 0.1) is 0 Å². The number of hydrogen-bond donors (Lipinski definition) is 1. The highest BCUT2D eigenvalue weighted by Crippen LogP contribution is 2.23. The maximum Gasteiger partial charge on any atom is 0.389 e. The van der Waals surface area contributed by atoms with E-state index in [1.165, 1.54) is 0 Å². The van der Waals surface area contributed by atoms with E-state index in [9.17, 15) is 13.2 Å². The van der Waals surface area contributed by atoms with Crippen LogP contribution in [-0.2, 0) is 0 Å². The van der Waals surface area contributed by atoms with E-state index in [0.29, 0.717) is 0 Å². The highest BCUT2D eigenvalue weighted by Gasteiger charge is 2.27. The fourth-order valence-electron chi connectivity index (χ4n) is 1.03. The van der Waals surface area contributed by atoms with Crippen LogP contribution in [0.5, 0.6) is 0 Å². The van der Waals surface area contributed by atoms with Gasteiger partial charge in [-0.25, -0.2) is 0 Å². The molecule has 0 aliphatic heterocycles. The van der Waals surface area contributed by atoms with Gasteiger partial charge in [-0.1, -0.05) is 0 Å². The number of halogens is 3. The predicted molar refractivity (Wildman–Crippen MR) is 51.1 cm³/mol. The van der Waals surface area contributed by atoms with Gasteiger partial charge in [0.15, 0.2) is 0 Å². The molecule has 0 fully saturated rings. The van der Waals surface area contributed by atoms with Crippen molar-refractivity contribution in [1.82, 2.24) is 5.32 Å². The molecule has 0 rings (SSSR count). The van der Waals surface area contributed by atoms with Crippen LogP contribution in [0.3, 0.4) is 0 Å². The van der Waals surface area contributed by atoms with Gasteiger partial charge >= 0.3 is 6.18 Å². The van der Waals surface area contributed by atoms with Crippen LogP contribution in [-0.4, -0.2) is 31.3 Å². The molecule has 0 heterocycles. The summed E-state index contributed by atoms with van der Waals surface area (Å²) in [6.45, 7) is 0. The molecule has 0 amide bonds. The van der Waals surface area contributed by atoms with E-state index in [2.05, 4.69) is 5.32 Å². The molecule has 80 valence electrons. The van der Waals surface area contributed by atoms with E-state index < -0.39 is 12.6 Å². The first-order valence-electron chi connectivity index (χ1n) is 4.22. The highest BCUT2D eigenvalue weighted by atomic mass is 32.2. The van der Waals surface area contributed by atoms with Crippen LogP contribution in [0.15, 0.2) is 0 Å². The summed E-state index contributed by atoms with van der Waals surface area (Å²) < 4.78 is 35.5. The molecule has 0 aliphatic rings. The average Bonchev–Trinajstić information content (AvgIpc) is 2.03. The number of alkyl halides is 3. The molecule has 0 saturated heterocycles. The van der Waals surface area contributed by atoms with Crippen LogP contribution in [0.25, 0.3) is 0 Å². The van der Waals surface area contributed by atoms with Crippen LogP contribution in [0.2, 0.25) is 0 Å². The van der Waals surface area contributed by atoms with Gasteiger partial charge in [0.1, 0.15) is 0 Å². The zero-order valence-electron chi connectivity index (χ0n) is 7.95. The number of hydrogen-bond acceptors (Lipinski definition) is 2. The first-order chi connectivity index (χ1) is 5.99. The first kappa shape index (κ1) is 13.1. The molecule has 0 aromatic carbocycles. The SMILES string of the molecule is CNC(CCSC)CCC(F)(F)F. The van der Waals surface area contributed by atoms with Crippen molar-refractivity contribution < 1.29 is 13.2 Å². The van der Waals surface area contributed by atoms with Crippen LogP contribution in [0.1, 0.15) is 19.3 Å². The molecule has 1 nitrogen and oxygen atoms in total. The Balaban J connectivity index is 3.59. The van der Waals surface area contributed by atoms with Crippen LogP contribution >= 0.6 is 11.8 Å². The van der Waals surface area contributed by atoms with Gasteiger partial charge in [-0.2, -0.15) is 24.9 Å². The van der Waals surface area contributed by atoms with E-state index in [0.717, 1.165) is 12.2 Å². The molecular weight excluding hydrogens is 199 g/mol. The molecule has 0 radical (unpaired) electrons. The maximum atomic E-state index is 11.8. The van der Waals surface area contributed by atoms with Crippen LogP contribution in [0, 0.1) is 0 Å². The van der Waals surface area contributed by atoms with E-state index in [-0.39, 0.29) is 12.5 Å². The lowest BCUT2D eigenvalue weighted by Crippen LogP contribution is -2.27. The lowest BCUT2D eigenvalue weighted by Gasteiger charge is -2.16. The highest BCUT2D eigenvalue weighted by molar-refractivity contribution is 7.98. The second-order valence-electron chi connectivity index (χ2n) is 2.92. The summed E-state index contributed by atoms with van der Waals surface area (Å²) >= 11 is 1.66. The molecule has 1 N–H and O–H groups in total. The second kappa shape index (κ2) is 6.54. The summed E-state index contributed by atoms with van der Waals surface area (Å²) in [6, 6.07) is -0.00549. The average molecular weight is 215 g/mol. The topological polar surface area (TPSA) is 12.0 Å². The quantitative estimate of drug-likeness (QED) is 0.731. The van der Waals surface area contributed by atoms with E-state index in [1.807, 2.05) is 6.26 Å². The third-order valence-electron chi connectivity index (χ3n) is 1.85. The molecule has 13 heavy (non-hydrogen) atoms. The standard InChI is InChI=1S/C8H16F3NS/c1-12-7(4-6-13-2)3-5-8(9,10)11/h7,12H,3-6H2,1-2H3. The Hall–Kier alpha value is 0.100. The zero-order chi connectivity index (χ0) is 10.3. The summed E-state index contributed by atoms with van der Waals surface area (Å²) in [5, 5.41) is 2.90. The van der Waals surface area contributed by atoms with Crippen molar-refractivity contribution >= 4 is 11.8 Å². The predicted octanol–water partition coefficient (Wildman–Crippen LogP) is 2.67. The normalized spacial score (nSPS) is 14.5. The number of rotatable bonds is 6. The Labute approximate surface area is 81.5 Å². The molecule has 1 atom stereocenters. The molecule has 0 aliphatic carbocycles. The Kier molecular flexibility index (Phi) is 6.59. The zero-order valence-corrected chi connectivity index (χ0v) is 8.76. The van der Waals surface area contributed by atoms with Gasteiger partial charge in [-0.15, -0.1) is 0 Å². The van der Waals surface area contributed by atoms with Gasteiger partial charge in [0.25, 0.3) is 0 Å². The maximum absolute atomic E-state index is 11.8. The molecule has 1 unspecified atom stereocenters. The monoisotopic (exact) mass is 215 g/mol. The molecular formula is C8H16F3NS. The lowest BCUT2D eigenvalue weighted by molar-refractivity contribution is -0.136. The third-order valence-corrected chi connectivity index (χ3v) is 2.50. The molecule has 5 heteroatoms. The van der Waals surface area contributed by atoms with E-state index >= 15 is 0 Å². The number of thioether (sulfide) groups is 1. The summed E-state index contributed by atoms with van der Waals surface area (Å²) in [6.07, 6.45) is -1.77. The van der Waals surface area contributed by atoms with Crippen molar-refractivity contribution in [3.63, 3.8) is 0 Å². The van der Waals surface area contributed by atoms with Gasteiger partial charge in [-0.05, 0) is 31.9 Å². The van der Waals surface area contributed by atoms with Crippen molar-refractivity contribution in [2.24, 2.45) is 0 Å². The smallest absolute Gasteiger partial charge is 0.317 e. The Morgan fingerprint density at radius 3 is 2.31 bits per heavy atom. The fraction of sp³-hybridized carbons (Fsp3) is 1.00. The Morgan fingerprint density at radius 2 is 1.92 bits per heavy atom. The lowest BCUT2D eigenvalue weighted by atomic mass is 10.1. The molecule has 0 aromatic rings. The van der Waals surface area contributed by atoms with Crippen molar-refractivity contribution in [3.05, 3.63) is 0 Å². The Morgan fingerprint density at radius 1 is 1.31 bits per heavy atom. The van der Waals surface area contributed by atoms with Gasteiger partial charge in [-0.3, -0.25) is 0 Å². The van der Waals surface area contributed by atoms with E-state index in [1.54, 1.807) is 18.8 Å². The Bertz CT molecular complexity index is 127. The molecule has 0 spiro atoms. The minimum absolute atomic E-state index is 0.00549. The van der Waals surface area contributed by atoms with Gasteiger partial charge < -0.3 is 5.32 Å². The minimum atomic E-state index is -4.02. The van der Waals surface area contributed by atoms with E-state index in [4.69, 9.17) is 0 Å². The van der Waals surface area contributed by atoms with Crippen LogP contribution < -0.4 is 5.32 Å². The second-order valence-corrected chi connectivity index (χ2v) is 3.91. The van der Waals surface area contributed by atoms with Crippen molar-refractivity contribution in [2.75, 3.05) is 19.1 Å². The summed E-state index contributed by atoms with van der Waals surface area (Å²) in [5.74, 6) is 0.906. The fourth-order valence-corrected chi connectivity index (χ4v) is 1.55. The van der Waals surface area contributed by atoms with Crippen molar-refractivity contribution in [2.45, 2.75) is 31.5 Å². The molecule has 0 aromatic heterocycles. The summed E-state index contributed by atoms with van der Waals surface area (Å²) in [7, 11) is 1.71. The first-order valence-corrected chi connectivity index (χ1v) is 5.62. The van der Waals surface area contributed by atoms with Crippen LogP contribution in [0.4, 0.5) is 13.2 Å². The molecule has 0 bridgehead atoms. The van der Waals surface area contributed by atoms with Crippen molar-refractivity contribution in [1.29, 1.82) is 0 Å². The van der Waals surface area contributed by atoms with Gasteiger partial charge in [0, 0.05) is 12.5 Å².